The maximum Gasteiger partial charge on any atom is 0.136 e. The molecule has 9 rings (SSSR count). The zero-order valence-electron chi connectivity index (χ0n) is 26.3. The van der Waals surface area contributed by atoms with Gasteiger partial charge in [0.1, 0.15) is 11.2 Å². The summed E-state index contributed by atoms with van der Waals surface area (Å²) in [5.74, 6) is 0. The lowest BCUT2D eigenvalue weighted by Gasteiger charge is -2.26. The van der Waals surface area contributed by atoms with E-state index in [1.165, 1.54) is 49.5 Å². The normalized spacial score (nSPS) is 11.3. The van der Waals surface area contributed by atoms with Gasteiger partial charge in [-0.2, -0.15) is 0 Å². The van der Waals surface area contributed by atoms with Crippen LogP contribution in [0.3, 0.4) is 0 Å². The summed E-state index contributed by atoms with van der Waals surface area (Å²) < 4.78 is 6.19. The number of anilines is 3. The van der Waals surface area contributed by atoms with Crippen molar-refractivity contribution in [1.82, 2.24) is 0 Å². The lowest BCUT2D eigenvalue weighted by molar-refractivity contribution is 0.669. The van der Waals surface area contributed by atoms with E-state index < -0.39 is 0 Å². The Hall–Kier alpha value is -6.38. The van der Waals surface area contributed by atoms with Crippen molar-refractivity contribution in [1.29, 1.82) is 0 Å². The van der Waals surface area contributed by atoms with Crippen LogP contribution in [0.4, 0.5) is 17.1 Å². The number of furan rings is 1. The molecule has 0 saturated carbocycles. The number of hydrogen-bond acceptors (Lipinski definition) is 2. The van der Waals surface area contributed by atoms with Crippen molar-refractivity contribution in [3.8, 4) is 33.4 Å². The highest BCUT2D eigenvalue weighted by atomic mass is 16.3. The molecule has 1 heterocycles. The Morgan fingerprint density at radius 2 is 0.792 bits per heavy atom. The van der Waals surface area contributed by atoms with Gasteiger partial charge in [-0.1, -0.05) is 140 Å². The van der Waals surface area contributed by atoms with Gasteiger partial charge in [0, 0.05) is 27.8 Å². The number of benzene rings is 8. The minimum absolute atomic E-state index is 0.921. The van der Waals surface area contributed by atoms with Crippen LogP contribution in [0.1, 0.15) is 0 Å². The fraction of sp³-hybridized carbons (Fsp3) is 0. The molecule has 0 aliphatic carbocycles. The van der Waals surface area contributed by atoms with E-state index in [9.17, 15) is 0 Å². The van der Waals surface area contributed by atoms with Crippen LogP contribution in [-0.2, 0) is 0 Å². The quantitative estimate of drug-likeness (QED) is 0.185. The molecule has 0 fully saturated rings. The van der Waals surface area contributed by atoms with E-state index in [2.05, 4.69) is 181 Å². The van der Waals surface area contributed by atoms with E-state index in [4.69, 9.17) is 4.42 Å². The molecule has 0 unspecified atom stereocenters. The zero-order valence-corrected chi connectivity index (χ0v) is 26.3. The number of hydrogen-bond donors (Lipinski definition) is 0. The van der Waals surface area contributed by atoms with Gasteiger partial charge in [-0.05, 0) is 92.7 Å². The molecule has 2 heteroatoms. The predicted octanol–water partition coefficient (Wildman–Crippen LogP) is 13.2. The topological polar surface area (TPSA) is 16.4 Å². The minimum Gasteiger partial charge on any atom is -0.456 e. The van der Waals surface area contributed by atoms with Crippen LogP contribution in [0.5, 0.6) is 0 Å². The number of para-hydroxylation sites is 2. The molecular formula is C46H31NO. The second-order valence-electron chi connectivity index (χ2n) is 12.1. The molecule has 0 N–H and O–H groups in total. The Morgan fingerprint density at radius 1 is 0.292 bits per heavy atom. The predicted molar refractivity (Wildman–Crippen MR) is 202 cm³/mol. The Bertz CT molecular complexity index is 2530. The molecule has 0 bridgehead atoms. The molecule has 226 valence electrons. The summed E-state index contributed by atoms with van der Waals surface area (Å²) in [4.78, 5) is 2.32. The van der Waals surface area contributed by atoms with E-state index in [0.29, 0.717) is 0 Å². The van der Waals surface area contributed by atoms with Gasteiger partial charge < -0.3 is 9.32 Å². The van der Waals surface area contributed by atoms with Crippen molar-refractivity contribution < 1.29 is 4.42 Å². The lowest BCUT2D eigenvalue weighted by Crippen LogP contribution is -2.09. The highest BCUT2D eigenvalue weighted by Crippen LogP contribution is 2.41. The Labute approximate surface area is 279 Å². The summed E-state index contributed by atoms with van der Waals surface area (Å²) in [6.45, 7) is 0. The van der Waals surface area contributed by atoms with Gasteiger partial charge in [0.25, 0.3) is 0 Å². The second-order valence-corrected chi connectivity index (χ2v) is 12.1. The third kappa shape index (κ3) is 4.83. The number of rotatable bonds is 6. The van der Waals surface area contributed by atoms with Crippen molar-refractivity contribution in [3.05, 3.63) is 188 Å². The third-order valence-electron chi connectivity index (χ3n) is 9.30. The average molecular weight is 614 g/mol. The first-order valence-electron chi connectivity index (χ1n) is 16.4. The highest BCUT2D eigenvalue weighted by molar-refractivity contribution is 6.20. The smallest absolute Gasteiger partial charge is 0.136 e. The molecule has 2 nitrogen and oxygen atoms in total. The molecule has 0 saturated heterocycles. The summed E-state index contributed by atoms with van der Waals surface area (Å²) in [7, 11) is 0. The first kappa shape index (κ1) is 27.9. The summed E-state index contributed by atoms with van der Waals surface area (Å²) in [5, 5.41) is 4.75. The van der Waals surface area contributed by atoms with Crippen molar-refractivity contribution in [2.24, 2.45) is 0 Å². The van der Waals surface area contributed by atoms with Crippen molar-refractivity contribution in [3.63, 3.8) is 0 Å². The van der Waals surface area contributed by atoms with Crippen LogP contribution < -0.4 is 4.90 Å². The Kier molecular flexibility index (Phi) is 6.84. The van der Waals surface area contributed by atoms with Gasteiger partial charge in [-0.15, -0.1) is 0 Å². The van der Waals surface area contributed by atoms with Crippen LogP contribution in [0.2, 0.25) is 0 Å². The van der Waals surface area contributed by atoms with Crippen LogP contribution in [0.25, 0.3) is 66.1 Å². The second kappa shape index (κ2) is 11.8. The van der Waals surface area contributed by atoms with E-state index in [1.54, 1.807) is 0 Å². The Morgan fingerprint density at radius 3 is 1.48 bits per heavy atom. The highest BCUT2D eigenvalue weighted by Gasteiger charge is 2.16. The molecule has 0 atom stereocenters. The van der Waals surface area contributed by atoms with E-state index in [0.717, 1.165) is 33.6 Å². The van der Waals surface area contributed by atoms with Crippen LogP contribution >= 0.6 is 0 Å². The molecule has 0 aliphatic heterocycles. The molecule has 9 aromatic rings. The van der Waals surface area contributed by atoms with Gasteiger partial charge in [0.2, 0.25) is 0 Å². The first-order chi connectivity index (χ1) is 23.8. The van der Waals surface area contributed by atoms with Gasteiger partial charge in [-0.3, -0.25) is 0 Å². The molecular weight excluding hydrogens is 583 g/mol. The molecule has 0 radical (unpaired) electrons. The maximum absolute atomic E-state index is 6.19. The van der Waals surface area contributed by atoms with E-state index in [-0.39, 0.29) is 0 Å². The fourth-order valence-corrected chi connectivity index (χ4v) is 7.04. The van der Waals surface area contributed by atoms with Crippen LogP contribution in [0, 0.1) is 0 Å². The van der Waals surface area contributed by atoms with Crippen LogP contribution in [0.15, 0.2) is 192 Å². The Balaban J connectivity index is 1.10. The third-order valence-corrected chi connectivity index (χ3v) is 9.30. The lowest BCUT2D eigenvalue weighted by atomic mass is 9.94. The standard InChI is InChI=1S/C46H31NO/c1-3-12-32(13-4-1)38-16-7-8-17-39(38)33-22-26-36(27-23-33)47(35-14-5-2-6-15-35)37-28-24-34(25-29-37)40-19-11-20-42-41(40)30-31-45-46(42)43-18-9-10-21-44(43)48-45/h1-31H. The molecule has 8 aromatic carbocycles. The minimum atomic E-state index is 0.921. The summed E-state index contributed by atoms with van der Waals surface area (Å²) in [5.41, 5.74) is 12.4. The van der Waals surface area contributed by atoms with Crippen molar-refractivity contribution in [2.45, 2.75) is 0 Å². The molecule has 0 spiro atoms. The summed E-state index contributed by atoms with van der Waals surface area (Å²) >= 11 is 0. The molecule has 48 heavy (non-hydrogen) atoms. The van der Waals surface area contributed by atoms with Crippen LogP contribution in [-0.4, -0.2) is 0 Å². The summed E-state index contributed by atoms with van der Waals surface area (Å²) in [6.07, 6.45) is 0. The number of nitrogens with zero attached hydrogens (tertiary/aromatic N) is 1. The van der Waals surface area contributed by atoms with E-state index in [1.807, 2.05) is 12.1 Å². The van der Waals surface area contributed by atoms with Gasteiger partial charge in [-0.25, -0.2) is 0 Å². The van der Waals surface area contributed by atoms with Gasteiger partial charge >= 0.3 is 0 Å². The van der Waals surface area contributed by atoms with Gasteiger partial charge in [0.15, 0.2) is 0 Å². The van der Waals surface area contributed by atoms with Crippen molar-refractivity contribution >= 4 is 49.8 Å². The van der Waals surface area contributed by atoms with E-state index >= 15 is 0 Å². The first-order valence-corrected chi connectivity index (χ1v) is 16.4. The largest absolute Gasteiger partial charge is 0.456 e. The zero-order chi connectivity index (χ0) is 31.9. The molecule has 0 aliphatic rings. The average Bonchev–Trinajstić information content (AvgIpc) is 3.56. The SMILES string of the molecule is c1ccc(-c2ccccc2-c2ccc(N(c3ccccc3)c3ccc(-c4cccc5c4ccc4oc6ccccc6c45)cc3)cc2)cc1. The molecule has 1 aromatic heterocycles. The fourth-order valence-electron chi connectivity index (χ4n) is 7.04. The summed E-state index contributed by atoms with van der Waals surface area (Å²) in [6, 6.07) is 66.8. The maximum atomic E-state index is 6.19. The molecule has 0 amide bonds. The van der Waals surface area contributed by atoms with Gasteiger partial charge in [0.05, 0.1) is 0 Å². The van der Waals surface area contributed by atoms with Crippen molar-refractivity contribution in [2.75, 3.05) is 4.90 Å². The monoisotopic (exact) mass is 613 g/mol. The number of fused-ring (bicyclic) bond motifs is 5.